The van der Waals surface area contributed by atoms with Crippen LogP contribution in [0.15, 0.2) is 46.9 Å². The molecule has 0 radical (unpaired) electrons. The van der Waals surface area contributed by atoms with Gasteiger partial charge in [0.2, 0.25) is 21.8 Å². The summed E-state index contributed by atoms with van der Waals surface area (Å²) in [5.74, 6) is 3.24. The van der Waals surface area contributed by atoms with E-state index in [0.717, 1.165) is 29.9 Å². The summed E-state index contributed by atoms with van der Waals surface area (Å²) in [6.45, 7) is 5.25. The number of piperidine rings is 1. The molecule has 2 N–H and O–H groups in total. The fourth-order valence-electron chi connectivity index (χ4n) is 5.12. The van der Waals surface area contributed by atoms with Crippen LogP contribution in [0.1, 0.15) is 56.5 Å². The number of aromatic nitrogens is 3. The molecule has 0 amide bonds. The fourth-order valence-corrected chi connectivity index (χ4v) is 5.55. The molecule has 2 aliphatic rings. The number of hydrogen-bond acceptors (Lipinski definition) is 8. The monoisotopic (exact) mass is 510 g/mol. The first-order chi connectivity index (χ1) is 17.2. The predicted octanol–water partition coefficient (Wildman–Crippen LogP) is 4.19. The second-order valence-electron chi connectivity index (χ2n) is 10.2. The average molecular weight is 511 g/mol. The van der Waals surface area contributed by atoms with E-state index in [-0.39, 0.29) is 18.0 Å². The maximum absolute atomic E-state index is 12.3. The maximum Gasteiger partial charge on any atom is 0.248 e. The highest BCUT2D eigenvalue weighted by Crippen LogP contribution is 2.42. The van der Waals surface area contributed by atoms with E-state index in [4.69, 9.17) is 4.42 Å². The van der Waals surface area contributed by atoms with Gasteiger partial charge in [0.05, 0.1) is 12.3 Å². The van der Waals surface area contributed by atoms with E-state index in [0.29, 0.717) is 40.8 Å². The average Bonchev–Trinajstić information content (AvgIpc) is 3.40. The van der Waals surface area contributed by atoms with Gasteiger partial charge in [-0.3, -0.25) is 4.31 Å². The standard InChI is InChI=1S/C26H34N6O3S/c1-16-13-21(16)17(2)28-22-14-19(15-23(29-22)32(3)36(4,33)34)25-30-31-26(35-25)24-20(11-8-12-27-24)18-9-6-5-7-10-18/h5-7,9-10,14-17,20-21,24,27H,8,11-13H2,1-4H3,(H,28,29)/t16-,17?,20-,21-,24+/m1/s1. The second-order valence-corrected chi connectivity index (χ2v) is 12.2. The van der Waals surface area contributed by atoms with Crippen molar-refractivity contribution in [3.05, 3.63) is 53.9 Å². The van der Waals surface area contributed by atoms with Crippen LogP contribution in [0.5, 0.6) is 0 Å². The smallest absolute Gasteiger partial charge is 0.248 e. The lowest BCUT2D eigenvalue weighted by Crippen LogP contribution is -2.33. The van der Waals surface area contributed by atoms with Crippen LogP contribution in [0.3, 0.4) is 0 Å². The molecule has 1 aliphatic carbocycles. The van der Waals surface area contributed by atoms with Gasteiger partial charge in [-0.15, -0.1) is 10.2 Å². The van der Waals surface area contributed by atoms with Crippen LogP contribution >= 0.6 is 0 Å². The first-order valence-corrected chi connectivity index (χ1v) is 14.4. The molecule has 0 spiro atoms. The van der Waals surface area contributed by atoms with Crippen molar-refractivity contribution in [3.8, 4) is 11.5 Å². The second kappa shape index (κ2) is 9.82. The minimum atomic E-state index is -3.50. The van der Waals surface area contributed by atoms with E-state index in [1.807, 2.05) is 12.1 Å². The molecule has 2 aromatic heterocycles. The number of hydrogen-bond donors (Lipinski definition) is 2. The zero-order valence-electron chi connectivity index (χ0n) is 21.2. The Kier molecular flexibility index (Phi) is 6.74. The number of sulfonamides is 1. The van der Waals surface area contributed by atoms with Crippen LogP contribution in [-0.2, 0) is 10.0 Å². The van der Waals surface area contributed by atoms with Gasteiger partial charge >= 0.3 is 0 Å². The summed E-state index contributed by atoms with van der Waals surface area (Å²) >= 11 is 0. The molecule has 1 aromatic carbocycles. The Labute approximate surface area is 212 Å². The molecule has 1 saturated heterocycles. The van der Waals surface area contributed by atoms with Crippen LogP contribution < -0.4 is 14.9 Å². The molecule has 1 unspecified atom stereocenters. The lowest BCUT2D eigenvalue weighted by atomic mass is 9.85. The van der Waals surface area contributed by atoms with E-state index >= 15 is 0 Å². The van der Waals surface area contributed by atoms with Gasteiger partial charge in [0.25, 0.3) is 0 Å². The van der Waals surface area contributed by atoms with E-state index in [2.05, 4.69) is 63.9 Å². The maximum atomic E-state index is 12.3. The van der Waals surface area contributed by atoms with Crippen molar-refractivity contribution in [1.82, 2.24) is 20.5 Å². The highest BCUT2D eigenvalue weighted by atomic mass is 32.2. The number of rotatable bonds is 8. The zero-order valence-corrected chi connectivity index (χ0v) is 22.0. The summed E-state index contributed by atoms with van der Waals surface area (Å²) in [6, 6.07) is 14.1. The third-order valence-electron chi connectivity index (χ3n) is 7.46. The molecule has 10 heteroatoms. The number of benzene rings is 1. The zero-order chi connectivity index (χ0) is 25.4. The highest BCUT2D eigenvalue weighted by Gasteiger charge is 2.37. The Hall–Kier alpha value is -2.98. The van der Waals surface area contributed by atoms with Gasteiger partial charge in [0, 0.05) is 24.6 Å². The summed E-state index contributed by atoms with van der Waals surface area (Å²) in [4.78, 5) is 4.58. The van der Waals surface area contributed by atoms with Crippen molar-refractivity contribution in [2.24, 2.45) is 11.8 Å². The van der Waals surface area contributed by atoms with E-state index < -0.39 is 10.0 Å². The molecule has 3 heterocycles. The van der Waals surface area contributed by atoms with Crippen molar-refractivity contribution >= 4 is 21.7 Å². The molecule has 1 aliphatic heterocycles. The van der Waals surface area contributed by atoms with Gasteiger partial charge in [-0.25, -0.2) is 13.4 Å². The van der Waals surface area contributed by atoms with Crippen LogP contribution in [0, 0.1) is 11.8 Å². The molecule has 2 fully saturated rings. The Bertz CT molecular complexity index is 1310. The van der Waals surface area contributed by atoms with Crippen molar-refractivity contribution in [2.75, 3.05) is 29.5 Å². The van der Waals surface area contributed by atoms with Crippen LogP contribution in [0.25, 0.3) is 11.5 Å². The summed E-state index contributed by atoms with van der Waals surface area (Å²) in [7, 11) is -2.00. The summed E-state index contributed by atoms with van der Waals surface area (Å²) in [5, 5.41) is 15.8. The SMILES string of the molecule is CC(Nc1cc(-c2nnc([C@H]3NCCC[C@@H]3c3ccccc3)o2)cc(N(C)S(C)(=O)=O)n1)[C@@H]1C[C@H]1C. The third-order valence-corrected chi connectivity index (χ3v) is 8.64. The minimum Gasteiger partial charge on any atom is -0.419 e. The first-order valence-electron chi connectivity index (χ1n) is 12.6. The lowest BCUT2D eigenvalue weighted by Gasteiger charge is -2.30. The molecule has 3 aromatic rings. The normalized spacial score (nSPS) is 24.8. The molecule has 9 nitrogen and oxygen atoms in total. The predicted molar refractivity (Wildman–Crippen MR) is 140 cm³/mol. The van der Waals surface area contributed by atoms with Crippen molar-refractivity contribution in [2.45, 2.75) is 51.1 Å². The van der Waals surface area contributed by atoms with Gasteiger partial charge in [0.1, 0.15) is 11.6 Å². The van der Waals surface area contributed by atoms with Gasteiger partial charge < -0.3 is 15.1 Å². The highest BCUT2D eigenvalue weighted by molar-refractivity contribution is 7.92. The van der Waals surface area contributed by atoms with E-state index in [1.54, 1.807) is 6.07 Å². The number of nitrogens with zero attached hydrogens (tertiary/aromatic N) is 4. The van der Waals surface area contributed by atoms with Crippen LogP contribution in [0.2, 0.25) is 0 Å². The minimum absolute atomic E-state index is 0.0867. The molecule has 192 valence electrons. The largest absolute Gasteiger partial charge is 0.419 e. The first kappa shape index (κ1) is 24.7. The summed E-state index contributed by atoms with van der Waals surface area (Å²) in [5.41, 5.74) is 1.87. The number of anilines is 2. The Morgan fingerprint density at radius 3 is 2.64 bits per heavy atom. The Morgan fingerprint density at radius 2 is 1.94 bits per heavy atom. The van der Waals surface area contributed by atoms with Gasteiger partial charge in [-0.05, 0) is 62.3 Å². The molecule has 5 atom stereocenters. The van der Waals surface area contributed by atoms with Gasteiger partial charge in [-0.1, -0.05) is 37.3 Å². The molecule has 5 rings (SSSR count). The quantitative estimate of drug-likeness (QED) is 0.464. The summed E-state index contributed by atoms with van der Waals surface area (Å²) in [6.07, 6.45) is 4.44. The van der Waals surface area contributed by atoms with Crippen LogP contribution in [-0.4, -0.2) is 49.5 Å². The third kappa shape index (κ3) is 5.24. The summed E-state index contributed by atoms with van der Waals surface area (Å²) < 4.78 is 31.9. The molecular weight excluding hydrogens is 476 g/mol. The lowest BCUT2D eigenvalue weighted by molar-refractivity contribution is 0.303. The Morgan fingerprint density at radius 1 is 1.19 bits per heavy atom. The van der Waals surface area contributed by atoms with E-state index in [1.165, 1.54) is 19.0 Å². The Balaban J connectivity index is 1.47. The van der Waals surface area contributed by atoms with Crippen molar-refractivity contribution in [3.63, 3.8) is 0 Å². The molecule has 0 bridgehead atoms. The number of pyridine rings is 1. The molecule has 36 heavy (non-hydrogen) atoms. The molecular formula is C26H34N6O3S. The van der Waals surface area contributed by atoms with Crippen molar-refractivity contribution < 1.29 is 12.8 Å². The molecule has 1 saturated carbocycles. The number of nitrogens with one attached hydrogen (secondary N) is 2. The van der Waals surface area contributed by atoms with Gasteiger partial charge in [-0.2, -0.15) is 0 Å². The fraction of sp³-hybridized carbons (Fsp3) is 0.500. The topological polar surface area (TPSA) is 113 Å². The van der Waals surface area contributed by atoms with Crippen LogP contribution in [0.4, 0.5) is 11.6 Å². The van der Waals surface area contributed by atoms with E-state index in [9.17, 15) is 8.42 Å². The van der Waals surface area contributed by atoms with Gasteiger partial charge in [0.15, 0.2) is 0 Å². The van der Waals surface area contributed by atoms with Crippen molar-refractivity contribution in [1.29, 1.82) is 0 Å².